The summed E-state index contributed by atoms with van der Waals surface area (Å²) in [7, 11) is 0. The van der Waals surface area contributed by atoms with Crippen molar-refractivity contribution in [2.24, 2.45) is 0 Å². The van der Waals surface area contributed by atoms with E-state index in [1.807, 2.05) is 60.5 Å². The van der Waals surface area contributed by atoms with Crippen LogP contribution in [-0.2, 0) is 17.6 Å². The number of hydrogen-bond acceptors (Lipinski definition) is 2. The molecule has 0 fully saturated rings. The monoisotopic (exact) mass is 442 g/mol. The molecule has 182 valence electrons. The van der Waals surface area contributed by atoms with Crippen LogP contribution in [0.3, 0.4) is 0 Å². The van der Waals surface area contributed by atoms with Gasteiger partial charge in [0.25, 0.3) is 0 Å². The van der Waals surface area contributed by atoms with Crippen LogP contribution in [0, 0.1) is 6.92 Å². The van der Waals surface area contributed by atoms with Gasteiger partial charge in [-0.2, -0.15) is 0 Å². The Morgan fingerprint density at radius 3 is 1.47 bits per heavy atom. The van der Waals surface area contributed by atoms with E-state index in [-0.39, 0.29) is 5.78 Å². The molecule has 0 spiro atoms. The molecule has 0 unspecified atom stereocenters. The third kappa shape index (κ3) is 17.5. The first-order chi connectivity index (χ1) is 15.7. The van der Waals surface area contributed by atoms with Gasteiger partial charge in [0, 0.05) is 12.0 Å². The van der Waals surface area contributed by atoms with E-state index in [4.69, 9.17) is 4.79 Å². The smallest absolute Gasteiger partial charge is 0.162 e. The van der Waals surface area contributed by atoms with Gasteiger partial charge < -0.3 is 4.79 Å². The van der Waals surface area contributed by atoms with Gasteiger partial charge in [0.05, 0.1) is 0 Å². The lowest BCUT2D eigenvalue weighted by Gasteiger charge is -2.05. The molecule has 2 aromatic carbocycles. The van der Waals surface area contributed by atoms with E-state index in [0.29, 0.717) is 6.42 Å². The number of rotatable bonds is 10. The summed E-state index contributed by atoms with van der Waals surface area (Å²) in [5, 5.41) is 0. The minimum absolute atomic E-state index is 0.279. The molecule has 0 aromatic heterocycles. The molecule has 0 aliphatic carbocycles. The lowest BCUT2D eigenvalue weighted by molar-refractivity contribution is -0.0980. The van der Waals surface area contributed by atoms with Gasteiger partial charge in [-0.25, -0.2) is 0 Å². The van der Waals surface area contributed by atoms with Crippen molar-refractivity contribution in [3.63, 3.8) is 0 Å². The highest BCUT2D eigenvalue weighted by atomic mass is 16.1. The Labute approximate surface area is 199 Å². The predicted octanol–water partition coefficient (Wildman–Crippen LogP) is 9.22. The summed E-state index contributed by atoms with van der Waals surface area (Å²) in [5.41, 5.74) is 4.98. The maximum Gasteiger partial charge on any atom is 0.162 e. The fraction of sp³-hybridized carbons (Fsp3) is 0.533. The van der Waals surface area contributed by atoms with Gasteiger partial charge >= 0.3 is 0 Å². The van der Waals surface area contributed by atoms with Crippen LogP contribution in [0.5, 0.6) is 0 Å². The zero-order valence-electron chi connectivity index (χ0n) is 22.3. The van der Waals surface area contributed by atoms with E-state index >= 15 is 0 Å². The first kappa shape index (κ1) is 34.4. The van der Waals surface area contributed by atoms with Crippen LogP contribution in [0.4, 0.5) is 0 Å². The van der Waals surface area contributed by atoms with Gasteiger partial charge in [-0.05, 0) is 50.2 Å². The molecule has 2 nitrogen and oxygen atoms in total. The van der Waals surface area contributed by atoms with Crippen molar-refractivity contribution in [1.29, 1.82) is 0 Å². The van der Waals surface area contributed by atoms with E-state index in [1.165, 1.54) is 42.4 Å². The van der Waals surface area contributed by atoms with Crippen LogP contribution >= 0.6 is 0 Å². The number of ketones is 1. The fourth-order valence-electron chi connectivity index (χ4n) is 2.93. The van der Waals surface area contributed by atoms with Gasteiger partial charge in [0.15, 0.2) is 5.78 Å². The number of benzene rings is 2. The predicted molar refractivity (Wildman–Crippen MR) is 144 cm³/mol. The average molecular weight is 443 g/mol. The van der Waals surface area contributed by atoms with Crippen molar-refractivity contribution in [2.45, 2.75) is 107 Å². The van der Waals surface area contributed by atoms with Crippen LogP contribution in [0.25, 0.3) is 0 Å². The van der Waals surface area contributed by atoms with Gasteiger partial charge in [-0.3, -0.25) is 4.79 Å². The maximum atomic E-state index is 12.0. The number of carbonyl (C=O) groups excluding carboxylic acids is 2. The lowest BCUT2D eigenvalue weighted by atomic mass is 10.0. The Balaban J connectivity index is -0.000000945. The number of carbonyl (C=O) groups is 2. The van der Waals surface area contributed by atoms with E-state index < -0.39 is 0 Å². The average Bonchev–Trinajstić information content (AvgIpc) is 2.88. The summed E-state index contributed by atoms with van der Waals surface area (Å²) >= 11 is 0. The SMILES string of the molecule is C=O.CC.CC.CC.CCCCC(=O)c1ccc(CCCCCc2ccc(C)cc2)cc1. The Morgan fingerprint density at radius 1 is 0.656 bits per heavy atom. The molecule has 32 heavy (non-hydrogen) atoms. The molecule has 0 saturated heterocycles. The molecule has 0 atom stereocenters. The molecule has 2 heteroatoms. The van der Waals surface area contributed by atoms with Crippen molar-refractivity contribution in [1.82, 2.24) is 0 Å². The lowest BCUT2D eigenvalue weighted by Crippen LogP contribution is -1.99. The largest absolute Gasteiger partial charge is 0.307 e. The zero-order valence-corrected chi connectivity index (χ0v) is 22.3. The van der Waals surface area contributed by atoms with Gasteiger partial charge in [0.2, 0.25) is 0 Å². The van der Waals surface area contributed by atoms with Crippen LogP contribution < -0.4 is 0 Å². The molecular weight excluding hydrogens is 392 g/mol. The maximum absolute atomic E-state index is 12.0. The zero-order chi connectivity index (χ0) is 25.2. The molecule has 2 rings (SSSR count). The number of Topliss-reactive ketones (excluding diaryl/α,β-unsaturated/α-hetero) is 1. The standard InChI is InChI=1S/C23H30O.3C2H6.CH2O/c1-3-4-10-23(24)22-17-15-21(16-18-22)9-7-5-6-8-20-13-11-19(2)12-14-20;4*1-2/h11-18H,3-10H2,1-2H3;3*1-2H3;1H2. The highest BCUT2D eigenvalue weighted by Gasteiger charge is 2.04. The highest BCUT2D eigenvalue weighted by molar-refractivity contribution is 5.96. The number of hydrogen-bond donors (Lipinski definition) is 0. The molecule has 0 aliphatic heterocycles. The minimum atomic E-state index is 0.279. The second kappa shape index (κ2) is 26.8. The molecule has 0 bridgehead atoms. The fourth-order valence-corrected chi connectivity index (χ4v) is 2.93. The van der Waals surface area contributed by atoms with Crippen molar-refractivity contribution in [3.8, 4) is 0 Å². The van der Waals surface area contributed by atoms with E-state index in [9.17, 15) is 4.79 Å². The second-order valence-corrected chi connectivity index (χ2v) is 6.77. The second-order valence-electron chi connectivity index (χ2n) is 6.77. The molecule has 0 N–H and O–H groups in total. The first-order valence-corrected chi connectivity index (χ1v) is 12.7. The quantitative estimate of drug-likeness (QED) is 0.271. The normalized spacial score (nSPS) is 8.75. The summed E-state index contributed by atoms with van der Waals surface area (Å²) < 4.78 is 0. The van der Waals surface area contributed by atoms with Crippen molar-refractivity contribution >= 4 is 12.6 Å². The van der Waals surface area contributed by atoms with Gasteiger partial charge in [-0.1, -0.05) is 115 Å². The van der Waals surface area contributed by atoms with Crippen LogP contribution in [0.1, 0.15) is 114 Å². The Bertz CT molecular complexity index is 627. The van der Waals surface area contributed by atoms with Crippen LogP contribution in [-0.4, -0.2) is 12.6 Å². The van der Waals surface area contributed by atoms with Crippen molar-refractivity contribution in [2.75, 3.05) is 0 Å². The summed E-state index contributed by atoms with van der Waals surface area (Å²) in [4.78, 5) is 20.0. The molecule has 0 saturated carbocycles. The van der Waals surface area contributed by atoms with Crippen LogP contribution in [0.15, 0.2) is 48.5 Å². The summed E-state index contributed by atoms with van der Waals surface area (Å²) in [6.45, 7) is 18.3. The van der Waals surface area contributed by atoms with Crippen molar-refractivity contribution < 1.29 is 9.59 Å². The third-order valence-corrected chi connectivity index (χ3v) is 4.58. The molecule has 0 heterocycles. The molecule has 0 amide bonds. The molecule has 0 radical (unpaired) electrons. The summed E-state index contributed by atoms with van der Waals surface area (Å²) in [6.07, 6.45) is 8.74. The van der Waals surface area contributed by atoms with E-state index in [0.717, 1.165) is 24.8 Å². The van der Waals surface area contributed by atoms with E-state index in [1.54, 1.807) is 0 Å². The Morgan fingerprint density at radius 2 is 1.06 bits per heavy atom. The van der Waals surface area contributed by atoms with Gasteiger partial charge in [0.1, 0.15) is 6.79 Å². The van der Waals surface area contributed by atoms with Crippen molar-refractivity contribution in [3.05, 3.63) is 70.8 Å². The van der Waals surface area contributed by atoms with Crippen LogP contribution in [0.2, 0.25) is 0 Å². The molecular formula is C30H50O2. The van der Waals surface area contributed by atoms with Gasteiger partial charge in [-0.15, -0.1) is 0 Å². The summed E-state index contributed by atoms with van der Waals surface area (Å²) in [5.74, 6) is 0.279. The van der Waals surface area contributed by atoms with E-state index in [2.05, 4.69) is 50.2 Å². The molecule has 0 aliphatic rings. The first-order valence-electron chi connectivity index (χ1n) is 12.7. The summed E-state index contributed by atoms with van der Waals surface area (Å²) in [6, 6.07) is 17.1. The number of aryl methyl sites for hydroxylation is 3. The number of unbranched alkanes of at least 4 members (excludes halogenated alkanes) is 3. The molecule has 2 aromatic rings. The topological polar surface area (TPSA) is 34.1 Å². The Kier molecular flexibility index (Phi) is 28.8. The minimum Gasteiger partial charge on any atom is -0.307 e. The third-order valence-electron chi connectivity index (χ3n) is 4.58. The Hall–Kier alpha value is -2.22. The highest BCUT2D eigenvalue weighted by Crippen LogP contribution is 2.13.